The van der Waals surface area contributed by atoms with Gasteiger partial charge in [0.05, 0.1) is 6.61 Å². The molecular formula is C22H45NO2. The Hall–Kier alpha value is -0.570. The van der Waals surface area contributed by atoms with Gasteiger partial charge in [-0.05, 0) is 19.3 Å². The minimum atomic E-state index is -0.760. The van der Waals surface area contributed by atoms with Crippen LogP contribution < -0.4 is 5.73 Å². The Morgan fingerprint density at radius 3 is 1.64 bits per heavy atom. The van der Waals surface area contributed by atoms with Crippen LogP contribution in [0.4, 0.5) is 0 Å². The molecule has 0 rings (SSSR count). The molecule has 0 bridgehead atoms. The number of unbranched alkanes of at least 4 members (excludes halogenated alkanes) is 11. The van der Waals surface area contributed by atoms with Crippen LogP contribution in [0.25, 0.3) is 0 Å². The topological polar surface area (TPSA) is 52.3 Å². The first-order valence-corrected chi connectivity index (χ1v) is 11.1. The highest BCUT2D eigenvalue weighted by Gasteiger charge is 2.34. The summed E-state index contributed by atoms with van der Waals surface area (Å²) in [6.07, 6.45) is 18.6. The van der Waals surface area contributed by atoms with Crippen LogP contribution in [0.1, 0.15) is 124 Å². The summed E-state index contributed by atoms with van der Waals surface area (Å²) < 4.78 is 5.42. The summed E-state index contributed by atoms with van der Waals surface area (Å²) in [5, 5.41) is 0. The van der Waals surface area contributed by atoms with Crippen LogP contribution in [0, 0.1) is 0 Å². The van der Waals surface area contributed by atoms with Crippen molar-refractivity contribution in [2.75, 3.05) is 6.61 Å². The van der Waals surface area contributed by atoms with Gasteiger partial charge >= 0.3 is 5.97 Å². The van der Waals surface area contributed by atoms with Gasteiger partial charge in [-0.25, -0.2) is 0 Å². The fraction of sp³-hybridized carbons (Fsp3) is 0.955. The van der Waals surface area contributed by atoms with Gasteiger partial charge in [-0.2, -0.15) is 0 Å². The summed E-state index contributed by atoms with van der Waals surface area (Å²) in [6, 6.07) is 0. The van der Waals surface area contributed by atoms with Gasteiger partial charge in [0.2, 0.25) is 0 Å². The summed E-state index contributed by atoms with van der Waals surface area (Å²) in [5.74, 6) is -0.176. The van der Waals surface area contributed by atoms with Crippen molar-refractivity contribution in [1.82, 2.24) is 0 Å². The highest BCUT2D eigenvalue weighted by molar-refractivity contribution is 5.80. The number of nitrogens with two attached hydrogens (primary N) is 1. The van der Waals surface area contributed by atoms with Crippen molar-refractivity contribution in [3.05, 3.63) is 0 Å². The molecule has 3 nitrogen and oxygen atoms in total. The number of carbonyl (C=O) groups excluding carboxylic acids is 1. The zero-order valence-electron chi connectivity index (χ0n) is 17.4. The lowest BCUT2D eigenvalue weighted by molar-refractivity contribution is -0.151. The van der Waals surface area contributed by atoms with E-state index in [-0.39, 0.29) is 5.97 Å². The van der Waals surface area contributed by atoms with Crippen molar-refractivity contribution in [1.29, 1.82) is 0 Å². The lowest BCUT2D eigenvalue weighted by Crippen LogP contribution is -2.49. The maximum atomic E-state index is 12.4. The SMILES string of the molecule is CCCCCCCCCCCCC(N)(CCCC)C(=O)OCCCC. The molecule has 0 saturated carbocycles. The van der Waals surface area contributed by atoms with E-state index in [1.165, 1.54) is 57.8 Å². The van der Waals surface area contributed by atoms with Gasteiger partial charge < -0.3 is 10.5 Å². The Bertz CT molecular complexity index is 306. The second kappa shape index (κ2) is 16.9. The zero-order valence-corrected chi connectivity index (χ0v) is 17.4. The molecule has 0 saturated heterocycles. The first-order chi connectivity index (χ1) is 12.1. The van der Waals surface area contributed by atoms with Crippen LogP contribution in [-0.4, -0.2) is 18.1 Å². The summed E-state index contributed by atoms with van der Waals surface area (Å²) in [5.41, 5.74) is 5.68. The molecule has 0 aromatic rings. The van der Waals surface area contributed by atoms with Crippen LogP contribution >= 0.6 is 0 Å². The van der Waals surface area contributed by atoms with Crippen LogP contribution in [0.5, 0.6) is 0 Å². The van der Waals surface area contributed by atoms with E-state index < -0.39 is 5.54 Å². The molecule has 0 aliphatic rings. The highest BCUT2D eigenvalue weighted by Crippen LogP contribution is 2.22. The molecule has 0 spiro atoms. The number of esters is 1. The van der Waals surface area contributed by atoms with E-state index in [9.17, 15) is 4.79 Å². The Labute approximate surface area is 157 Å². The van der Waals surface area contributed by atoms with E-state index in [4.69, 9.17) is 10.5 Å². The highest BCUT2D eigenvalue weighted by atomic mass is 16.5. The van der Waals surface area contributed by atoms with Crippen molar-refractivity contribution >= 4 is 5.97 Å². The molecule has 0 aliphatic carbocycles. The summed E-state index contributed by atoms with van der Waals surface area (Å²) in [7, 11) is 0. The van der Waals surface area contributed by atoms with E-state index in [1.807, 2.05) is 0 Å². The molecule has 0 heterocycles. The number of rotatable bonds is 18. The average Bonchev–Trinajstić information content (AvgIpc) is 2.61. The molecule has 0 aromatic heterocycles. The number of hydrogen-bond donors (Lipinski definition) is 1. The molecule has 0 aliphatic heterocycles. The average molecular weight is 356 g/mol. The fourth-order valence-corrected chi connectivity index (χ4v) is 3.20. The maximum Gasteiger partial charge on any atom is 0.326 e. The molecule has 1 atom stereocenters. The van der Waals surface area contributed by atoms with E-state index in [0.29, 0.717) is 6.61 Å². The van der Waals surface area contributed by atoms with Crippen LogP contribution in [0.15, 0.2) is 0 Å². The molecule has 0 radical (unpaired) electrons. The van der Waals surface area contributed by atoms with Crippen molar-refractivity contribution in [2.24, 2.45) is 5.73 Å². The third-order valence-corrected chi connectivity index (χ3v) is 5.09. The molecular weight excluding hydrogens is 310 g/mol. The van der Waals surface area contributed by atoms with E-state index in [1.54, 1.807) is 0 Å². The van der Waals surface area contributed by atoms with Crippen LogP contribution in [-0.2, 0) is 9.53 Å². The minimum Gasteiger partial charge on any atom is -0.464 e. The lowest BCUT2D eigenvalue weighted by atomic mass is 9.87. The van der Waals surface area contributed by atoms with Crippen molar-refractivity contribution in [3.8, 4) is 0 Å². The van der Waals surface area contributed by atoms with Crippen molar-refractivity contribution < 1.29 is 9.53 Å². The summed E-state index contributed by atoms with van der Waals surface area (Å²) in [4.78, 5) is 12.4. The Morgan fingerprint density at radius 1 is 0.680 bits per heavy atom. The van der Waals surface area contributed by atoms with E-state index >= 15 is 0 Å². The van der Waals surface area contributed by atoms with Crippen LogP contribution in [0.2, 0.25) is 0 Å². The van der Waals surface area contributed by atoms with Gasteiger partial charge in [0.15, 0.2) is 0 Å². The van der Waals surface area contributed by atoms with Gasteiger partial charge in [-0.1, -0.05) is 104 Å². The molecule has 3 heteroatoms. The maximum absolute atomic E-state index is 12.4. The molecule has 0 fully saturated rings. The lowest BCUT2D eigenvalue weighted by Gasteiger charge is -2.27. The number of carbonyl (C=O) groups is 1. The summed E-state index contributed by atoms with van der Waals surface area (Å²) in [6.45, 7) is 7.02. The first kappa shape index (κ1) is 24.4. The Kier molecular flexibility index (Phi) is 16.5. The van der Waals surface area contributed by atoms with Gasteiger partial charge in [0.25, 0.3) is 0 Å². The predicted molar refractivity (Wildman–Crippen MR) is 109 cm³/mol. The normalized spacial score (nSPS) is 13.6. The number of ether oxygens (including phenoxy) is 1. The molecule has 0 aromatic carbocycles. The Balaban J connectivity index is 3.92. The fourth-order valence-electron chi connectivity index (χ4n) is 3.20. The van der Waals surface area contributed by atoms with Crippen molar-refractivity contribution in [3.63, 3.8) is 0 Å². The zero-order chi connectivity index (χ0) is 18.8. The largest absolute Gasteiger partial charge is 0.464 e. The standard InChI is InChI=1S/C22H45NO2/c1-4-7-10-11-12-13-14-15-16-17-19-22(23,18-8-5-2)21(24)25-20-9-6-3/h4-20,23H2,1-3H3. The quantitative estimate of drug-likeness (QED) is 0.225. The van der Waals surface area contributed by atoms with Gasteiger partial charge in [0, 0.05) is 0 Å². The monoisotopic (exact) mass is 355 g/mol. The molecule has 150 valence electrons. The van der Waals surface area contributed by atoms with E-state index in [0.717, 1.165) is 44.9 Å². The van der Waals surface area contributed by atoms with Gasteiger partial charge in [-0.15, -0.1) is 0 Å². The van der Waals surface area contributed by atoms with Crippen LogP contribution in [0.3, 0.4) is 0 Å². The minimum absolute atomic E-state index is 0.176. The van der Waals surface area contributed by atoms with E-state index in [2.05, 4.69) is 20.8 Å². The second-order valence-corrected chi connectivity index (χ2v) is 7.68. The number of hydrogen-bond acceptors (Lipinski definition) is 3. The van der Waals surface area contributed by atoms with Gasteiger partial charge in [0.1, 0.15) is 5.54 Å². The van der Waals surface area contributed by atoms with Crippen molar-refractivity contribution in [2.45, 2.75) is 129 Å². The predicted octanol–water partition coefficient (Wildman–Crippen LogP) is 6.53. The smallest absolute Gasteiger partial charge is 0.326 e. The first-order valence-electron chi connectivity index (χ1n) is 11.1. The Morgan fingerprint density at radius 2 is 1.12 bits per heavy atom. The van der Waals surface area contributed by atoms with Gasteiger partial charge in [-0.3, -0.25) is 4.79 Å². The third kappa shape index (κ3) is 13.3. The third-order valence-electron chi connectivity index (χ3n) is 5.09. The molecule has 25 heavy (non-hydrogen) atoms. The molecule has 2 N–H and O–H groups in total. The molecule has 0 amide bonds. The summed E-state index contributed by atoms with van der Waals surface area (Å²) >= 11 is 0. The second-order valence-electron chi connectivity index (χ2n) is 7.68. The molecule has 1 unspecified atom stereocenters.